The summed E-state index contributed by atoms with van der Waals surface area (Å²) in [5.74, 6) is -0.791. The zero-order valence-corrected chi connectivity index (χ0v) is 16.3. The third-order valence-corrected chi connectivity index (χ3v) is 4.49. The van der Waals surface area contributed by atoms with Crippen LogP contribution in [0.5, 0.6) is 0 Å². The smallest absolute Gasteiger partial charge is 0.281 e. The molecule has 0 fully saturated rings. The van der Waals surface area contributed by atoms with Crippen LogP contribution in [-0.2, 0) is 11.3 Å². The summed E-state index contributed by atoms with van der Waals surface area (Å²) in [6, 6.07) is 12.9. The van der Waals surface area contributed by atoms with Crippen LogP contribution in [0.4, 0.5) is 15.8 Å². The normalized spacial score (nSPS) is 10.9. The minimum absolute atomic E-state index is 0.206. The fourth-order valence-electron chi connectivity index (χ4n) is 2.92. The molecular weight excluding hydrogens is 389 g/mol. The van der Waals surface area contributed by atoms with Crippen molar-refractivity contribution in [2.24, 2.45) is 0 Å². The zero-order chi connectivity index (χ0) is 21.3. The second-order valence-electron chi connectivity index (χ2n) is 6.81. The van der Waals surface area contributed by atoms with E-state index in [2.05, 4.69) is 20.7 Å². The minimum Gasteiger partial charge on any atom is -0.378 e. The molecule has 1 amide bonds. The van der Waals surface area contributed by atoms with Crippen LogP contribution in [-0.4, -0.2) is 44.8 Å². The topological polar surface area (TPSA) is 97.9 Å². The van der Waals surface area contributed by atoms with Crippen molar-refractivity contribution in [1.29, 1.82) is 0 Å². The van der Waals surface area contributed by atoms with Gasteiger partial charge < -0.3 is 10.2 Å². The zero-order valence-electron chi connectivity index (χ0n) is 16.3. The van der Waals surface area contributed by atoms with Gasteiger partial charge in [0.1, 0.15) is 17.7 Å². The average Bonchev–Trinajstić information content (AvgIpc) is 3.16. The van der Waals surface area contributed by atoms with E-state index in [-0.39, 0.29) is 23.4 Å². The molecule has 2 heterocycles. The van der Waals surface area contributed by atoms with E-state index in [9.17, 15) is 14.0 Å². The number of anilines is 2. The molecule has 0 saturated carbocycles. The number of benzene rings is 2. The highest BCUT2D eigenvalue weighted by molar-refractivity contribution is 5.90. The number of nitrogens with one attached hydrogen (secondary N) is 1. The molecule has 0 bridgehead atoms. The van der Waals surface area contributed by atoms with Crippen molar-refractivity contribution in [3.8, 4) is 5.69 Å². The van der Waals surface area contributed by atoms with Gasteiger partial charge in [0.25, 0.3) is 5.56 Å². The van der Waals surface area contributed by atoms with Crippen LogP contribution in [0.1, 0.15) is 0 Å². The Kier molecular flexibility index (Phi) is 4.97. The van der Waals surface area contributed by atoms with Crippen molar-refractivity contribution < 1.29 is 9.18 Å². The van der Waals surface area contributed by atoms with Gasteiger partial charge in [-0.1, -0.05) is 5.21 Å². The number of carbonyl (C=O) groups is 1. The monoisotopic (exact) mass is 407 g/mol. The Morgan fingerprint density at radius 1 is 1.10 bits per heavy atom. The summed E-state index contributed by atoms with van der Waals surface area (Å²) in [6.07, 6.45) is 1.35. The van der Waals surface area contributed by atoms with Gasteiger partial charge >= 0.3 is 0 Å². The van der Waals surface area contributed by atoms with Gasteiger partial charge in [0.15, 0.2) is 5.65 Å². The molecule has 9 nitrogen and oxygen atoms in total. The van der Waals surface area contributed by atoms with Gasteiger partial charge in [-0.05, 0) is 48.5 Å². The predicted molar refractivity (Wildman–Crippen MR) is 110 cm³/mol. The lowest BCUT2D eigenvalue weighted by atomic mass is 10.2. The van der Waals surface area contributed by atoms with Crippen molar-refractivity contribution in [2.45, 2.75) is 6.54 Å². The minimum atomic E-state index is -0.494. The third kappa shape index (κ3) is 3.75. The van der Waals surface area contributed by atoms with E-state index in [4.69, 9.17) is 0 Å². The van der Waals surface area contributed by atoms with Crippen LogP contribution < -0.4 is 15.8 Å². The second-order valence-corrected chi connectivity index (χ2v) is 6.81. The Bertz CT molecular complexity index is 1260. The fraction of sp³-hybridized carbons (Fsp3) is 0.150. The maximum Gasteiger partial charge on any atom is 0.281 e. The highest BCUT2D eigenvalue weighted by atomic mass is 19.1. The third-order valence-electron chi connectivity index (χ3n) is 4.49. The van der Waals surface area contributed by atoms with Crippen LogP contribution in [0, 0.1) is 5.82 Å². The molecule has 0 atom stereocenters. The van der Waals surface area contributed by atoms with Gasteiger partial charge in [0.2, 0.25) is 5.91 Å². The Hall–Kier alpha value is -4.08. The highest BCUT2D eigenvalue weighted by Crippen LogP contribution is 2.16. The molecule has 152 valence electrons. The molecule has 0 spiro atoms. The van der Waals surface area contributed by atoms with Gasteiger partial charge in [-0.3, -0.25) is 9.59 Å². The number of rotatable bonds is 5. The molecule has 0 aliphatic rings. The van der Waals surface area contributed by atoms with Crippen LogP contribution >= 0.6 is 0 Å². The summed E-state index contributed by atoms with van der Waals surface area (Å²) < 4.78 is 15.5. The van der Waals surface area contributed by atoms with Crippen LogP contribution in [0.15, 0.2) is 59.5 Å². The first-order chi connectivity index (χ1) is 14.4. The molecule has 4 aromatic rings. The molecule has 10 heteroatoms. The van der Waals surface area contributed by atoms with E-state index in [0.29, 0.717) is 11.4 Å². The van der Waals surface area contributed by atoms with Crippen molar-refractivity contribution in [1.82, 2.24) is 24.8 Å². The first-order valence-corrected chi connectivity index (χ1v) is 9.07. The number of fused-ring (bicyclic) bond motifs is 1. The molecule has 0 saturated heterocycles. The molecule has 4 rings (SSSR count). The van der Waals surface area contributed by atoms with Gasteiger partial charge in [0, 0.05) is 25.5 Å². The Morgan fingerprint density at radius 2 is 1.80 bits per heavy atom. The van der Waals surface area contributed by atoms with E-state index in [1.54, 1.807) is 12.1 Å². The molecule has 2 aromatic heterocycles. The number of aromatic nitrogens is 5. The lowest BCUT2D eigenvalue weighted by Gasteiger charge is -2.13. The van der Waals surface area contributed by atoms with Crippen molar-refractivity contribution in [3.63, 3.8) is 0 Å². The Balaban J connectivity index is 1.55. The number of carbonyl (C=O) groups excluding carboxylic acids is 1. The van der Waals surface area contributed by atoms with E-state index in [1.165, 1.54) is 35.1 Å². The van der Waals surface area contributed by atoms with Crippen LogP contribution in [0.2, 0.25) is 0 Å². The molecule has 30 heavy (non-hydrogen) atoms. The van der Waals surface area contributed by atoms with Crippen LogP contribution in [0.3, 0.4) is 0 Å². The summed E-state index contributed by atoms with van der Waals surface area (Å²) >= 11 is 0. The summed E-state index contributed by atoms with van der Waals surface area (Å²) in [6.45, 7) is -0.293. The first kappa shape index (κ1) is 19.2. The number of nitrogens with zero attached hydrogens (tertiary/aromatic N) is 6. The number of halogens is 1. The average molecular weight is 407 g/mol. The Morgan fingerprint density at radius 3 is 2.47 bits per heavy atom. The Labute approximate surface area is 170 Å². The molecule has 0 unspecified atom stereocenters. The molecule has 1 N–H and O–H groups in total. The summed E-state index contributed by atoms with van der Waals surface area (Å²) in [5.41, 5.74) is 1.88. The van der Waals surface area contributed by atoms with Gasteiger partial charge in [-0.15, -0.1) is 5.10 Å². The number of amides is 1. The quantitative estimate of drug-likeness (QED) is 0.542. The number of hydrogen-bond acceptors (Lipinski definition) is 6. The highest BCUT2D eigenvalue weighted by Gasteiger charge is 2.15. The molecular formula is C20H18FN7O2. The fourth-order valence-corrected chi connectivity index (χ4v) is 2.92. The van der Waals surface area contributed by atoms with Crippen molar-refractivity contribution in [3.05, 3.63) is 70.9 Å². The maximum atomic E-state index is 13.1. The van der Waals surface area contributed by atoms with Crippen molar-refractivity contribution in [2.75, 3.05) is 24.3 Å². The second kappa shape index (κ2) is 7.74. The first-order valence-electron chi connectivity index (χ1n) is 9.07. The molecule has 0 aliphatic heterocycles. The van der Waals surface area contributed by atoms with E-state index in [0.717, 1.165) is 10.4 Å². The SMILES string of the molecule is CN(C)c1ccc(NC(=O)Cn2nnc3c(cnn3-c3ccc(F)cc3)c2=O)cc1. The standard InChI is InChI=1S/C20H18FN7O2/c1-26(2)15-9-5-14(6-10-15)23-18(29)12-27-20(30)17-11-22-28(19(17)24-25-27)16-7-3-13(21)4-8-16/h3-11H,12H2,1-2H3,(H,23,29). The van der Waals surface area contributed by atoms with Crippen molar-refractivity contribution >= 4 is 28.3 Å². The lowest BCUT2D eigenvalue weighted by molar-refractivity contribution is -0.117. The summed E-state index contributed by atoms with van der Waals surface area (Å²) in [4.78, 5) is 27.0. The van der Waals surface area contributed by atoms with Gasteiger partial charge in [-0.2, -0.15) is 5.10 Å². The van der Waals surface area contributed by atoms with Gasteiger partial charge in [0.05, 0.1) is 11.9 Å². The van der Waals surface area contributed by atoms with Gasteiger partial charge in [-0.25, -0.2) is 13.8 Å². The van der Waals surface area contributed by atoms with E-state index >= 15 is 0 Å². The molecule has 0 radical (unpaired) electrons. The summed E-state index contributed by atoms with van der Waals surface area (Å²) in [5, 5.41) is 15.0. The predicted octanol–water partition coefficient (Wildman–Crippen LogP) is 1.82. The molecule has 0 aliphatic carbocycles. The molecule has 2 aromatic carbocycles. The lowest BCUT2D eigenvalue weighted by Crippen LogP contribution is -2.30. The van der Waals surface area contributed by atoms with Crippen LogP contribution in [0.25, 0.3) is 16.7 Å². The summed E-state index contributed by atoms with van der Waals surface area (Å²) in [7, 11) is 3.85. The van der Waals surface area contributed by atoms with E-state index < -0.39 is 11.5 Å². The number of hydrogen-bond donors (Lipinski definition) is 1. The largest absolute Gasteiger partial charge is 0.378 e. The maximum absolute atomic E-state index is 13.1. The van der Waals surface area contributed by atoms with E-state index in [1.807, 2.05) is 31.1 Å².